The SMILES string of the molecule is O=C1NCC(=S)N2CCCC12. The summed E-state index contributed by atoms with van der Waals surface area (Å²) < 4.78 is 0. The molecule has 2 rings (SSSR count). The van der Waals surface area contributed by atoms with E-state index in [9.17, 15) is 4.79 Å². The molecule has 0 aromatic rings. The third-order valence-corrected chi connectivity index (χ3v) is 2.67. The summed E-state index contributed by atoms with van der Waals surface area (Å²) in [5.41, 5.74) is 0. The molecule has 0 aromatic carbocycles. The summed E-state index contributed by atoms with van der Waals surface area (Å²) in [5, 5.41) is 2.78. The number of rotatable bonds is 0. The van der Waals surface area contributed by atoms with Gasteiger partial charge < -0.3 is 10.2 Å². The highest BCUT2D eigenvalue weighted by atomic mass is 32.1. The van der Waals surface area contributed by atoms with Crippen LogP contribution in [0, 0.1) is 0 Å². The van der Waals surface area contributed by atoms with Crippen LogP contribution in [-0.4, -0.2) is 34.9 Å². The van der Waals surface area contributed by atoms with Crippen molar-refractivity contribution < 1.29 is 4.79 Å². The van der Waals surface area contributed by atoms with E-state index >= 15 is 0 Å². The average Bonchev–Trinajstić information content (AvgIpc) is 2.45. The summed E-state index contributed by atoms with van der Waals surface area (Å²) in [4.78, 5) is 14.2. The Bertz CT molecular complexity index is 194. The topological polar surface area (TPSA) is 32.3 Å². The Morgan fingerprint density at radius 1 is 1.64 bits per heavy atom. The van der Waals surface area contributed by atoms with Crippen molar-refractivity contribution in [2.45, 2.75) is 18.9 Å². The van der Waals surface area contributed by atoms with Gasteiger partial charge in [-0.15, -0.1) is 0 Å². The number of carbonyl (C=O) groups excluding carboxylic acids is 1. The highest BCUT2D eigenvalue weighted by Crippen LogP contribution is 2.20. The number of carbonyl (C=O) groups is 1. The lowest BCUT2D eigenvalue weighted by Crippen LogP contribution is -2.54. The monoisotopic (exact) mass is 170 g/mol. The van der Waals surface area contributed by atoms with E-state index in [1.807, 2.05) is 4.90 Å². The second-order valence-electron chi connectivity index (χ2n) is 2.96. The molecule has 0 spiro atoms. The van der Waals surface area contributed by atoms with E-state index in [0.717, 1.165) is 24.4 Å². The number of amides is 1. The lowest BCUT2D eigenvalue weighted by Gasteiger charge is -2.31. The minimum absolute atomic E-state index is 0.0521. The molecule has 1 amide bonds. The Kier molecular flexibility index (Phi) is 1.56. The molecule has 0 radical (unpaired) electrons. The first-order valence-electron chi connectivity index (χ1n) is 3.86. The van der Waals surface area contributed by atoms with Crippen LogP contribution >= 0.6 is 12.2 Å². The second-order valence-corrected chi connectivity index (χ2v) is 3.43. The van der Waals surface area contributed by atoms with Crippen molar-refractivity contribution in [3.05, 3.63) is 0 Å². The maximum absolute atomic E-state index is 11.2. The lowest BCUT2D eigenvalue weighted by atomic mass is 10.2. The first-order valence-corrected chi connectivity index (χ1v) is 4.27. The fourth-order valence-corrected chi connectivity index (χ4v) is 2.01. The van der Waals surface area contributed by atoms with Crippen LogP contribution in [0.1, 0.15) is 12.8 Å². The zero-order valence-electron chi connectivity index (χ0n) is 6.17. The quantitative estimate of drug-likeness (QED) is 0.516. The van der Waals surface area contributed by atoms with Crippen LogP contribution in [0.3, 0.4) is 0 Å². The summed E-state index contributed by atoms with van der Waals surface area (Å²) >= 11 is 5.11. The molecule has 1 atom stereocenters. The molecule has 0 bridgehead atoms. The predicted molar refractivity (Wildman–Crippen MR) is 45.3 cm³/mol. The van der Waals surface area contributed by atoms with Crippen LogP contribution < -0.4 is 5.32 Å². The highest BCUT2D eigenvalue weighted by molar-refractivity contribution is 7.80. The van der Waals surface area contributed by atoms with Gasteiger partial charge in [-0.05, 0) is 12.8 Å². The molecule has 0 saturated carbocycles. The zero-order valence-corrected chi connectivity index (χ0v) is 6.99. The van der Waals surface area contributed by atoms with Crippen molar-refractivity contribution >= 4 is 23.1 Å². The molecule has 2 aliphatic rings. The van der Waals surface area contributed by atoms with Gasteiger partial charge in [-0.2, -0.15) is 0 Å². The third-order valence-electron chi connectivity index (χ3n) is 2.29. The Morgan fingerprint density at radius 3 is 3.18 bits per heavy atom. The normalized spacial score (nSPS) is 30.2. The Hall–Kier alpha value is -0.640. The van der Waals surface area contributed by atoms with Crippen molar-refractivity contribution in [2.75, 3.05) is 13.1 Å². The molecular weight excluding hydrogens is 160 g/mol. The Labute approximate surface area is 70.7 Å². The van der Waals surface area contributed by atoms with E-state index in [2.05, 4.69) is 5.32 Å². The van der Waals surface area contributed by atoms with E-state index in [-0.39, 0.29) is 11.9 Å². The first-order chi connectivity index (χ1) is 5.29. The molecule has 2 fully saturated rings. The molecule has 1 unspecified atom stereocenters. The summed E-state index contributed by atoms with van der Waals surface area (Å²) in [6.07, 6.45) is 2.06. The average molecular weight is 170 g/mol. The zero-order chi connectivity index (χ0) is 7.84. The van der Waals surface area contributed by atoms with Crippen molar-refractivity contribution in [1.29, 1.82) is 0 Å². The van der Waals surface area contributed by atoms with Crippen LogP contribution in [0.25, 0.3) is 0 Å². The van der Waals surface area contributed by atoms with Gasteiger partial charge in [0, 0.05) is 6.54 Å². The molecule has 0 aliphatic carbocycles. The predicted octanol–water partition coefficient (Wildman–Crippen LogP) is -0.0920. The maximum atomic E-state index is 11.2. The summed E-state index contributed by atoms with van der Waals surface area (Å²) in [7, 11) is 0. The van der Waals surface area contributed by atoms with Gasteiger partial charge in [-0.25, -0.2) is 0 Å². The van der Waals surface area contributed by atoms with E-state index in [4.69, 9.17) is 12.2 Å². The third kappa shape index (κ3) is 1.01. The molecule has 2 saturated heterocycles. The summed E-state index contributed by atoms with van der Waals surface area (Å²) in [6, 6.07) is 0.0521. The van der Waals surface area contributed by atoms with Crippen LogP contribution in [0.2, 0.25) is 0 Å². The fraction of sp³-hybridized carbons (Fsp3) is 0.714. The molecule has 11 heavy (non-hydrogen) atoms. The molecule has 2 heterocycles. The Morgan fingerprint density at radius 2 is 2.45 bits per heavy atom. The standard InChI is InChI=1S/C7H10N2OS/c10-7-5-2-1-3-9(5)6(11)4-8-7/h5H,1-4H2,(H,8,10). The van der Waals surface area contributed by atoms with Gasteiger partial charge in [0.2, 0.25) is 5.91 Å². The highest BCUT2D eigenvalue weighted by Gasteiger charge is 2.35. The van der Waals surface area contributed by atoms with Gasteiger partial charge >= 0.3 is 0 Å². The molecule has 2 aliphatic heterocycles. The minimum atomic E-state index is 0.0521. The molecule has 3 nitrogen and oxygen atoms in total. The van der Waals surface area contributed by atoms with Crippen LogP contribution in [-0.2, 0) is 4.79 Å². The number of piperazine rings is 1. The van der Waals surface area contributed by atoms with Crippen molar-refractivity contribution in [3.63, 3.8) is 0 Å². The van der Waals surface area contributed by atoms with Crippen molar-refractivity contribution in [1.82, 2.24) is 10.2 Å². The van der Waals surface area contributed by atoms with E-state index in [0.29, 0.717) is 6.54 Å². The minimum Gasteiger partial charge on any atom is -0.353 e. The lowest BCUT2D eigenvalue weighted by molar-refractivity contribution is -0.124. The molecule has 4 heteroatoms. The molecule has 60 valence electrons. The van der Waals surface area contributed by atoms with Crippen molar-refractivity contribution in [2.24, 2.45) is 0 Å². The van der Waals surface area contributed by atoms with Gasteiger partial charge in [0.05, 0.1) is 11.5 Å². The smallest absolute Gasteiger partial charge is 0.243 e. The Balaban J connectivity index is 2.20. The molecule has 1 N–H and O–H groups in total. The molecule has 0 aromatic heterocycles. The number of nitrogens with one attached hydrogen (secondary N) is 1. The number of fused-ring (bicyclic) bond motifs is 1. The van der Waals surface area contributed by atoms with E-state index in [1.54, 1.807) is 0 Å². The molecular formula is C7H10N2OS. The first kappa shape index (κ1) is 7.03. The number of nitrogens with zero attached hydrogens (tertiary/aromatic N) is 1. The largest absolute Gasteiger partial charge is 0.353 e. The van der Waals surface area contributed by atoms with Crippen LogP contribution in [0.5, 0.6) is 0 Å². The van der Waals surface area contributed by atoms with Crippen LogP contribution in [0.4, 0.5) is 0 Å². The summed E-state index contributed by atoms with van der Waals surface area (Å²) in [6.45, 7) is 1.53. The number of hydrogen-bond acceptors (Lipinski definition) is 2. The van der Waals surface area contributed by atoms with Gasteiger partial charge in [0.25, 0.3) is 0 Å². The fourth-order valence-electron chi connectivity index (χ4n) is 1.72. The summed E-state index contributed by atoms with van der Waals surface area (Å²) in [5.74, 6) is 0.149. The van der Waals surface area contributed by atoms with Gasteiger partial charge in [0.15, 0.2) is 0 Å². The van der Waals surface area contributed by atoms with Crippen LogP contribution in [0.15, 0.2) is 0 Å². The van der Waals surface area contributed by atoms with Gasteiger partial charge in [-0.3, -0.25) is 4.79 Å². The second kappa shape index (κ2) is 2.44. The van der Waals surface area contributed by atoms with Crippen molar-refractivity contribution in [3.8, 4) is 0 Å². The van der Waals surface area contributed by atoms with Gasteiger partial charge in [-0.1, -0.05) is 12.2 Å². The number of thiocarbonyl (C=S) groups is 1. The number of hydrogen-bond donors (Lipinski definition) is 1. The van der Waals surface area contributed by atoms with Gasteiger partial charge in [0.1, 0.15) is 6.04 Å². The van der Waals surface area contributed by atoms with E-state index in [1.165, 1.54) is 0 Å². The van der Waals surface area contributed by atoms with E-state index < -0.39 is 0 Å². The maximum Gasteiger partial charge on any atom is 0.243 e.